The molecule has 2 nitrogen and oxygen atoms in total. The van der Waals surface area contributed by atoms with Gasteiger partial charge in [-0.2, -0.15) is 0 Å². The Kier molecular flexibility index (Phi) is 5.52. The monoisotopic (exact) mass is 348 g/mol. The molecule has 1 N–H and O–H groups in total. The average Bonchev–Trinajstić information content (AvgIpc) is 2.19. The van der Waals surface area contributed by atoms with Crippen molar-refractivity contribution in [3.05, 3.63) is 32.7 Å². The zero-order chi connectivity index (χ0) is 12.1. The van der Waals surface area contributed by atoms with E-state index >= 15 is 0 Å². The van der Waals surface area contributed by atoms with E-state index in [0.717, 1.165) is 20.3 Å². The number of benzene rings is 1. The van der Waals surface area contributed by atoms with E-state index < -0.39 is 6.10 Å². The minimum Gasteiger partial charge on any atom is -0.492 e. The van der Waals surface area contributed by atoms with Gasteiger partial charge in [0.2, 0.25) is 0 Å². The van der Waals surface area contributed by atoms with Crippen LogP contribution in [-0.4, -0.2) is 17.8 Å². The van der Waals surface area contributed by atoms with E-state index in [1.54, 1.807) is 13.0 Å². The van der Waals surface area contributed by atoms with E-state index in [1.807, 2.05) is 25.1 Å². The summed E-state index contributed by atoms with van der Waals surface area (Å²) < 4.78 is 7.42. The quantitative estimate of drug-likeness (QED) is 0.890. The van der Waals surface area contributed by atoms with Crippen LogP contribution in [-0.2, 0) is 0 Å². The normalized spacial score (nSPS) is 13.1. The van der Waals surface area contributed by atoms with Gasteiger partial charge in [-0.1, -0.05) is 28.1 Å². The maximum Gasteiger partial charge on any atom is 0.140 e. The van der Waals surface area contributed by atoms with Gasteiger partial charge >= 0.3 is 0 Å². The van der Waals surface area contributed by atoms with Gasteiger partial charge in [-0.25, -0.2) is 0 Å². The highest BCUT2D eigenvalue weighted by atomic mass is 79.9. The van der Waals surface area contributed by atoms with Gasteiger partial charge in [-0.3, -0.25) is 0 Å². The predicted molar refractivity (Wildman–Crippen MR) is 73.7 cm³/mol. The van der Waals surface area contributed by atoms with Gasteiger partial charge in [0.1, 0.15) is 5.75 Å². The van der Waals surface area contributed by atoms with E-state index in [0.29, 0.717) is 6.61 Å². The van der Waals surface area contributed by atoms with Crippen LogP contribution < -0.4 is 4.74 Å². The van der Waals surface area contributed by atoms with Crippen LogP contribution in [0.25, 0.3) is 6.08 Å². The molecule has 0 aliphatic heterocycles. The summed E-state index contributed by atoms with van der Waals surface area (Å²) in [5.41, 5.74) is 0.934. The maximum atomic E-state index is 9.22. The molecule has 1 aromatic carbocycles. The molecule has 0 aliphatic rings. The van der Waals surface area contributed by atoms with Crippen molar-refractivity contribution in [1.29, 1.82) is 0 Å². The van der Waals surface area contributed by atoms with Crippen molar-refractivity contribution in [2.75, 3.05) is 6.61 Å². The van der Waals surface area contributed by atoms with E-state index in [1.165, 1.54) is 0 Å². The smallest absolute Gasteiger partial charge is 0.140 e. The van der Waals surface area contributed by atoms with Gasteiger partial charge in [0, 0.05) is 10.0 Å². The SMILES string of the molecule is CCOc1c(Br)cc(Br)cc1/C=C/C(C)O. The number of halogens is 2. The molecule has 1 unspecified atom stereocenters. The first-order valence-electron chi connectivity index (χ1n) is 5.02. The van der Waals surface area contributed by atoms with E-state index in [4.69, 9.17) is 4.74 Å². The number of hydrogen-bond donors (Lipinski definition) is 1. The molecule has 1 atom stereocenters. The topological polar surface area (TPSA) is 29.5 Å². The Balaban J connectivity index is 3.13. The molecular weight excluding hydrogens is 336 g/mol. The van der Waals surface area contributed by atoms with Crippen molar-refractivity contribution < 1.29 is 9.84 Å². The van der Waals surface area contributed by atoms with Crippen LogP contribution in [0.3, 0.4) is 0 Å². The predicted octanol–water partition coefficient (Wildman–Crippen LogP) is 4.00. The third-order valence-corrected chi connectivity index (χ3v) is 2.93. The summed E-state index contributed by atoms with van der Waals surface area (Å²) in [4.78, 5) is 0. The first-order chi connectivity index (χ1) is 7.54. The highest BCUT2D eigenvalue weighted by Crippen LogP contribution is 2.33. The molecule has 4 heteroatoms. The van der Waals surface area contributed by atoms with Crippen molar-refractivity contribution in [2.24, 2.45) is 0 Å². The highest BCUT2D eigenvalue weighted by molar-refractivity contribution is 9.11. The standard InChI is InChI=1S/C12H14Br2O2/c1-3-16-12-9(5-4-8(2)15)6-10(13)7-11(12)14/h4-8,15H,3H2,1-2H3/b5-4+. The number of aliphatic hydroxyl groups excluding tert-OH is 1. The number of rotatable bonds is 4. The Morgan fingerprint density at radius 3 is 2.69 bits per heavy atom. The fraction of sp³-hybridized carbons (Fsp3) is 0.333. The van der Waals surface area contributed by atoms with Gasteiger partial charge in [0.25, 0.3) is 0 Å². The Morgan fingerprint density at radius 2 is 2.12 bits per heavy atom. The summed E-state index contributed by atoms with van der Waals surface area (Å²) in [6, 6.07) is 3.89. The van der Waals surface area contributed by atoms with Crippen LogP contribution >= 0.6 is 31.9 Å². The molecule has 0 bridgehead atoms. The molecule has 0 spiro atoms. The second-order valence-electron chi connectivity index (χ2n) is 3.34. The van der Waals surface area contributed by atoms with E-state index in [2.05, 4.69) is 31.9 Å². The molecule has 0 fully saturated rings. The minimum atomic E-state index is -0.466. The third-order valence-electron chi connectivity index (χ3n) is 1.88. The van der Waals surface area contributed by atoms with Gasteiger partial charge in [-0.15, -0.1) is 0 Å². The Labute approximate surface area is 113 Å². The zero-order valence-electron chi connectivity index (χ0n) is 9.21. The Morgan fingerprint density at radius 1 is 1.44 bits per heavy atom. The van der Waals surface area contributed by atoms with Crippen molar-refractivity contribution in [3.8, 4) is 5.75 Å². The fourth-order valence-corrected chi connectivity index (χ4v) is 2.62. The number of hydrogen-bond acceptors (Lipinski definition) is 2. The Bertz CT molecular complexity index is 387. The Hall–Kier alpha value is -0.320. The van der Waals surface area contributed by atoms with Crippen molar-refractivity contribution >= 4 is 37.9 Å². The van der Waals surface area contributed by atoms with Gasteiger partial charge in [-0.05, 0) is 41.9 Å². The zero-order valence-corrected chi connectivity index (χ0v) is 12.4. The lowest BCUT2D eigenvalue weighted by molar-refractivity contribution is 0.245. The third kappa shape index (κ3) is 3.92. The molecule has 0 radical (unpaired) electrons. The molecule has 1 rings (SSSR count). The first kappa shape index (κ1) is 13.7. The second-order valence-corrected chi connectivity index (χ2v) is 5.11. The number of ether oxygens (including phenoxy) is 1. The molecule has 16 heavy (non-hydrogen) atoms. The van der Waals surface area contributed by atoms with Gasteiger partial charge < -0.3 is 9.84 Å². The van der Waals surface area contributed by atoms with Crippen LogP contribution in [0.4, 0.5) is 0 Å². The van der Waals surface area contributed by atoms with Crippen LogP contribution in [0.15, 0.2) is 27.2 Å². The molecule has 88 valence electrons. The van der Waals surface area contributed by atoms with Gasteiger partial charge in [0.05, 0.1) is 17.2 Å². The van der Waals surface area contributed by atoms with Crippen LogP contribution in [0, 0.1) is 0 Å². The first-order valence-corrected chi connectivity index (χ1v) is 6.61. The van der Waals surface area contributed by atoms with Crippen LogP contribution in [0.1, 0.15) is 19.4 Å². The molecular formula is C12H14Br2O2. The summed E-state index contributed by atoms with van der Waals surface area (Å²) in [6.07, 6.45) is 3.11. The summed E-state index contributed by atoms with van der Waals surface area (Å²) in [6.45, 7) is 4.26. The lowest BCUT2D eigenvalue weighted by Gasteiger charge is -2.10. The second kappa shape index (κ2) is 6.42. The minimum absolute atomic E-state index is 0.466. The van der Waals surface area contributed by atoms with Crippen molar-refractivity contribution in [3.63, 3.8) is 0 Å². The molecule has 0 saturated heterocycles. The summed E-state index contributed by atoms with van der Waals surface area (Å²) in [7, 11) is 0. The molecule has 0 aromatic heterocycles. The van der Waals surface area contributed by atoms with E-state index in [9.17, 15) is 5.11 Å². The lowest BCUT2D eigenvalue weighted by Crippen LogP contribution is -1.96. The molecule has 0 saturated carbocycles. The summed E-state index contributed by atoms with van der Waals surface area (Å²) in [5, 5.41) is 9.22. The average molecular weight is 350 g/mol. The maximum absolute atomic E-state index is 9.22. The highest BCUT2D eigenvalue weighted by Gasteiger charge is 2.07. The lowest BCUT2D eigenvalue weighted by atomic mass is 10.1. The summed E-state index contributed by atoms with van der Waals surface area (Å²) >= 11 is 6.88. The molecule has 1 aromatic rings. The van der Waals surface area contributed by atoms with E-state index in [-0.39, 0.29) is 0 Å². The van der Waals surface area contributed by atoms with Crippen molar-refractivity contribution in [2.45, 2.75) is 20.0 Å². The van der Waals surface area contributed by atoms with Crippen LogP contribution in [0.5, 0.6) is 5.75 Å². The van der Waals surface area contributed by atoms with Crippen LogP contribution in [0.2, 0.25) is 0 Å². The molecule has 0 aliphatic carbocycles. The molecule has 0 heterocycles. The summed E-state index contributed by atoms with van der Waals surface area (Å²) in [5.74, 6) is 0.794. The largest absolute Gasteiger partial charge is 0.492 e. The van der Waals surface area contributed by atoms with Crippen molar-refractivity contribution in [1.82, 2.24) is 0 Å². The van der Waals surface area contributed by atoms with Gasteiger partial charge in [0.15, 0.2) is 0 Å². The number of aliphatic hydroxyl groups is 1. The molecule has 0 amide bonds. The fourth-order valence-electron chi connectivity index (χ4n) is 1.24.